The number of fused-ring (bicyclic) bond motifs is 3. The Kier molecular flexibility index (Phi) is 8.60. The summed E-state index contributed by atoms with van der Waals surface area (Å²) < 4.78 is 49.5. The van der Waals surface area contributed by atoms with Gasteiger partial charge in [0.05, 0.1) is 31.4 Å². The van der Waals surface area contributed by atoms with E-state index in [1.54, 1.807) is 35.8 Å². The molecule has 6 heterocycles. The van der Waals surface area contributed by atoms with Crippen LogP contribution >= 0.6 is 22.7 Å². The molecular formula is C37H30F3N5O4S2. The quantitative estimate of drug-likeness (QED) is 0.187. The van der Waals surface area contributed by atoms with Gasteiger partial charge in [-0.3, -0.25) is 14.4 Å². The number of rotatable bonds is 6. The minimum atomic E-state index is -0.882. The molecule has 0 aliphatic carbocycles. The summed E-state index contributed by atoms with van der Waals surface area (Å²) in [6, 6.07) is 14.1. The molecule has 9 nitrogen and oxygen atoms in total. The minimum absolute atomic E-state index is 0.160. The number of nitrogens with one attached hydrogen (secondary N) is 2. The van der Waals surface area contributed by atoms with Gasteiger partial charge in [0.1, 0.15) is 29.0 Å². The molecule has 2 saturated heterocycles. The number of hydrogen-bond acceptors (Lipinski definition) is 8. The molecule has 0 saturated carbocycles. The Balaban J connectivity index is 0.973. The Morgan fingerprint density at radius 3 is 2.39 bits per heavy atom. The third kappa shape index (κ3) is 6.17. The van der Waals surface area contributed by atoms with Crippen molar-refractivity contribution in [2.24, 2.45) is 5.41 Å². The predicted octanol–water partition coefficient (Wildman–Crippen LogP) is 7.61. The minimum Gasteiger partial charge on any atom is -0.381 e. The zero-order valence-corrected chi connectivity index (χ0v) is 28.6. The summed E-state index contributed by atoms with van der Waals surface area (Å²) in [5.41, 5.74) is 1.42. The van der Waals surface area contributed by atoms with Crippen LogP contribution in [0.4, 0.5) is 36.1 Å². The Labute approximate surface area is 298 Å². The molecule has 0 bridgehead atoms. The van der Waals surface area contributed by atoms with Gasteiger partial charge in [-0.1, -0.05) is 6.07 Å². The number of aromatic nitrogens is 1. The van der Waals surface area contributed by atoms with Gasteiger partial charge in [-0.2, -0.15) is 0 Å². The summed E-state index contributed by atoms with van der Waals surface area (Å²) in [6.07, 6.45) is 3.96. The van der Waals surface area contributed by atoms with E-state index < -0.39 is 40.9 Å². The lowest BCUT2D eigenvalue weighted by Gasteiger charge is -2.53. The van der Waals surface area contributed by atoms with E-state index in [0.29, 0.717) is 23.5 Å². The van der Waals surface area contributed by atoms with Crippen molar-refractivity contribution in [3.05, 3.63) is 111 Å². The molecule has 1 spiro atoms. The van der Waals surface area contributed by atoms with Crippen LogP contribution in [0.3, 0.4) is 0 Å². The van der Waals surface area contributed by atoms with Crippen molar-refractivity contribution >= 4 is 63.3 Å². The van der Waals surface area contributed by atoms with E-state index in [4.69, 9.17) is 4.74 Å². The van der Waals surface area contributed by atoms with Crippen LogP contribution in [0.1, 0.15) is 48.8 Å². The van der Waals surface area contributed by atoms with Gasteiger partial charge in [0, 0.05) is 50.1 Å². The monoisotopic (exact) mass is 729 g/mol. The highest BCUT2D eigenvalue weighted by Gasteiger charge is 2.45. The van der Waals surface area contributed by atoms with Crippen molar-refractivity contribution in [3.8, 4) is 9.75 Å². The average molecular weight is 730 g/mol. The van der Waals surface area contributed by atoms with Crippen LogP contribution in [-0.4, -0.2) is 55.6 Å². The number of amides is 3. The number of ether oxygens (including phenoxy) is 1. The largest absolute Gasteiger partial charge is 0.381 e. The van der Waals surface area contributed by atoms with Gasteiger partial charge >= 0.3 is 0 Å². The van der Waals surface area contributed by atoms with Gasteiger partial charge in [0.15, 0.2) is 0 Å². The van der Waals surface area contributed by atoms with Crippen molar-refractivity contribution in [1.82, 2.24) is 4.98 Å². The fourth-order valence-corrected chi connectivity index (χ4v) is 9.12. The number of carbonyl (C=O) groups excluding carboxylic acids is 3. The lowest BCUT2D eigenvalue weighted by molar-refractivity contribution is -0.000510. The van der Waals surface area contributed by atoms with Gasteiger partial charge in [0.2, 0.25) is 0 Å². The number of nitrogens with zero attached hydrogens (tertiary/aromatic N) is 3. The highest BCUT2D eigenvalue weighted by atomic mass is 32.1. The van der Waals surface area contributed by atoms with Crippen LogP contribution in [0.5, 0.6) is 0 Å². The van der Waals surface area contributed by atoms with Crippen molar-refractivity contribution in [1.29, 1.82) is 0 Å². The van der Waals surface area contributed by atoms with Crippen molar-refractivity contribution < 1.29 is 32.3 Å². The van der Waals surface area contributed by atoms with E-state index in [1.807, 2.05) is 0 Å². The Bertz CT molecular complexity index is 2170. The van der Waals surface area contributed by atoms with E-state index in [2.05, 4.69) is 20.5 Å². The number of hydrogen-bond donors (Lipinski definition) is 2. The molecule has 0 atom stereocenters. The van der Waals surface area contributed by atoms with Gasteiger partial charge in [-0.05, 0) is 84.8 Å². The number of thiophene rings is 2. The van der Waals surface area contributed by atoms with Crippen molar-refractivity contribution in [2.45, 2.75) is 19.3 Å². The van der Waals surface area contributed by atoms with Gasteiger partial charge < -0.3 is 25.2 Å². The average Bonchev–Trinajstić information content (AvgIpc) is 3.74. The summed E-state index contributed by atoms with van der Waals surface area (Å²) in [4.78, 5) is 50.0. The first-order valence-corrected chi connectivity index (χ1v) is 18.1. The molecule has 3 aliphatic rings. The van der Waals surface area contributed by atoms with E-state index in [9.17, 15) is 23.2 Å². The summed E-state index contributed by atoms with van der Waals surface area (Å²) >= 11 is 2.52. The number of para-hydroxylation sites is 1. The zero-order chi connectivity index (χ0) is 35.3. The molecule has 2 fully saturated rings. The molecule has 3 aromatic heterocycles. The maximum absolute atomic E-state index is 15.6. The van der Waals surface area contributed by atoms with Crippen LogP contribution in [-0.2, 0) is 11.2 Å². The third-order valence-corrected chi connectivity index (χ3v) is 11.9. The molecule has 8 rings (SSSR count). The molecular weight excluding hydrogens is 700 g/mol. The summed E-state index contributed by atoms with van der Waals surface area (Å²) in [5.74, 6) is -3.61. The van der Waals surface area contributed by atoms with E-state index in [0.717, 1.165) is 84.0 Å². The molecule has 3 aliphatic heterocycles. The molecule has 0 radical (unpaired) electrons. The summed E-state index contributed by atoms with van der Waals surface area (Å²) in [5, 5.41) is 6.89. The lowest BCUT2D eigenvalue weighted by Crippen LogP contribution is -2.59. The van der Waals surface area contributed by atoms with Crippen molar-refractivity contribution in [2.75, 3.05) is 53.3 Å². The summed E-state index contributed by atoms with van der Waals surface area (Å²) in [6.45, 7) is 3.26. The maximum Gasteiger partial charge on any atom is 0.265 e. The Morgan fingerprint density at radius 2 is 1.63 bits per heavy atom. The summed E-state index contributed by atoms with van der Waals surface area (Å²) in [7, 11) is 0. The van der Waals surface area contributed by atoms with Crippen LogP contribution < -0.4 is 20.4 Å². The zero-order valence-electron chi connectivity index (χ0n) is 27.0. The topological polar surface area (TPSA) is 104 Å². The molecule has 2 aromatic carbocycles. The second kappa shape index (κ2) is 13.2. The van der Waals surface area contributed by atoms with Crippen LogP contribution in [0, 0.1) is 22.9 Å². The first kappa shape index (κ1) is 33.1. The number of anilines is 4. The molecule has 260 valence electrons. The van der Waals surface area contributed by atoms with Crippen LogP contribution in [0.25, 0.3) is 9.75 Å². The fourth-order valence-electron chi connectivity index (χ4n) is 6.93. The molecule has 5 aromatic rings. The number of halogens is 3. The maximum atomic E-state index is 15.6. The first-order valence-electron chi connectivity index (χ1n) is 16.4. The van der Waals surface area contributed by atoms with E-state index >= 15 is 4.39 Å². The SMILES string of the molecule is O=C(Nc1c(F)cccc1F)c1cc2c(s1)-c1sccc1N(C(=O)c1ccc(NC(=O)c3cccnc3N3CC4(CCOCC4)C3)cc1F)CC2. The highest BCUT2D eigenvalue weighted by Crippen LogP contribution is 2.46. The number of benzene rings is 2. The Hall–Kier alpha value is -5.05. The van der Waals surface area contributed by atoms with Gasteiger partial charge in [0.25, 0.3) is 17.7 Å². The van der Waals surface area contributed by atoms with E-state index in [-0.39, 0.29) is 28.1 Å². The van der Waals surface area contributed by atoms with E-state index in [1.165, 1.54) is 34.4 Å². The third-order valence-electron chi connectivity index (χ3n) is 9.62. The predicted molar refractivity (Wildman–Crippen MR) is 191 cm³/mol. The van der Waals surface area contributed by atoms with Crippen LogP contribution in [0.15, 0.2) is 72.2 Å². The number of pyridine rings is 1. The molecule has 0 unspecified atom stereocenters. The number of carbonyl (C=O) groups is 3. The second-order valence-electron chi connectivity index (χ2n) is 12.8. The second-order valence-corrected chi connectivity index (χ2v) is 14.8. The molecule has 51 heavy (non-hydrogen) atoms. The van der Waals surface area contributed by atoms with Crippen molar-refractivity contribution in [3.63, 3.8) is 0 Å². The molecule has 3 amide bonds. The normalized spacial score (nSPS) is 16.1. The van der Waals surface area contributed by atoms with Crippen LogP contribution in [0.2, 0.25) is 0 Å². The fraction of sp³-hybridized carbons (Fsp3) is 0.243. The van der Waals surface area contributed by atoms with Gasteiger partial charge in [-0.25, -0.2) is 18.2 Å². The molecule has 2 N–H and O–H groups in total. The Morgan fingerprint density at radius 1 is 0.843 bits per heavy atom. The van der Waals surface area contributed by atoms with Gasteiger partial charge in [-0.15, -0.1) is 22.7 Å². The highest BCUT2D eigenvalue weighted by molar-refractivity contribution is 7.23. The smallest absolute Gasteiger partial charge is 0.265 e. The lowest BCUT2D eigenvalue weighted by atomic mass is 9.73. The molecule has 14 heteroatoms. The first-order chi connectivity index (χ1) is 24.7. The standard InChI is InChI=1S/C37H30F3N5O4S2/c38-25-4-1-5-26(39)30(25)43-35(47)29-17-21-8-13-45(28-9-16-50-32(28)31(21)51-29)36(48)23-7-6-22(18-27(23)40)42-34(46)24-3-2-12-41-33(24)44-19-37(20-44)10-14-49-15-11-37/h1-7,9,12,16-18H,8,10-11,13-15,19-20H2,(H,42,46)(H,43,47).